The number of hydrogen-bond donors (Lipinski definition) is 3. The number of alkyl halides is 3. The van der Waals surface area contributed by atoms with Gasteiger partial charge in [-0.1, -0.05) is 36.5 Å². The van der Waals surface area contributed by atoms with E-state index in [0.717, 1.165) is 17.7 Å². The number of benzene rings is 2. The summed E-state index contributed by atoms with van der Waals surface area (Å²) in [4.78, 5) is 29.2. The Morgan fingerprint density at radius 1 is 1.12 bits per heavy atom. The van der Waals surface area contributed by atoms with Crippen molar-refractivity contribution in [1.29, 1.82) is 0 Å². The summed E-state index contributed by atoms with van der Waals surface area (Å²) in [5.41, 5.74) is 1.62. The number of methoxy groups -OCH3 is 1. The zero-order valence-corrected chi connectivity index (χ0v) is 22.8. The van der Waals surface area contributed by atoms with Gasteiger partial charge in [0.1, 0.15) is 5.69 Å². The van der Waals surface area contributed by atoms with Crippen LogP contribution in [-0.2, 0) is 17.5 Å². The van der Waals surface area contributed by atoms with Gasteiger partial charge < -0.3 is 15.4 Å². The van der Waals surface area contributed by atoms with Crippen LogP contribution in [0.1, 0.15) is 40.9 Å². The topological polar surface area (TPSA) is 123 Å². The predicted molar refractivity (Wildman–Crippen MR) is 145 cm³/mol. The third-order valence-electron chi connectivity index (χ3n) is 5.66. The van der Waals surface area contributed by atoms with Crippen molar-refractivity contribution in [2.45, 2.75) is 39.5 Å². The largest absolute Gasteiger partial charge is 0.453 e. The van der Waals surface area contributed by atoms with Gasteiger partial charge >= 0.3 is 12.3 Å². The quantitative estimate of drug-likeness (QED) is 0.249. The molecule has 2 aromatic heterocycles. The first-order chi connectivity index (χ1) is 18.9. The minimum absolute atomic E-state index is 0.0600. The number of nitrogens with zero attached hydrogens (tertiary/aromatic N) is 4. The van der Waals surface area contributed by atoms with E-state index in [2.05, 4.69) is 36.0 Å². The lowest BCUT2D eigenvalue weighted by molar-refractivity contribution is -0.137. The van der Waals surface area contributed by atoms with Crippen molar-refractivity contribution < 1.29 is 27.5 Å². The van der Waals surface area contributed by atoms with Crippen molar-refractivity contribution >= 4 is 34.2 Å². The molecule has 10 nitrogen and oxygen atoms in total. The molecule has 3 N–H and O–H groups in total. The van der Waals surface area contributed by atoms with Crippen molar-refractivity contribution in [1.82, 2.24) is 25.3 Å². The van der Waals surface area contributed by atoms with Crippen LogP contribution in [0, 0.1) is 6.92 Å². The molecule has 0 atom stereocenters. The van der Waals surface area contributed by atoms with E-state index in [-0.39, 0.29) is 18.2 Å². The maximum absolute atomic E-state index is 13.5. The lowest BCUT2D eigenvalue weighted by Crippen LogP contribution is -2.23. The predicted octanol–water partition coefficient (Wildman–Crippen LogP) is 5.65. The maximum atomic E-state index is 13.5. The first-order valence-electron chi connectivity index (χ1n) is 12.0. The van der Waals surface area contributed by atoms with E-state index in [9.17, 15) is 22.8 Å². The Morgan fingerprint density at radius 3 is 2.60 bits per heavy atom. The number of aromatic nitrogens is 4. The van der Waals surface area contributed by atoms with E-state index >= 15 is 0 Å². The molecule has 2 amide bonds. The minimum Gasteiger partial charge on any atom is -0.453 e. The molecule has 40 heavy (non-hydrogen) atoms. The molecule has 0 fully saturated rings. The number of aryl methyl sites for hydroxylation is 1. The summed E-state index contributed by atoms with van der Waals surface area (Å²) in [6, 6.07) is 8.43. The molecule has 0 aliphatic carbocycles. The molecule has 0 aliphatic heterocycles. The third-order valence-corrected chi connectivity index (χ3v) is 6.59. The normalized spacial score (nSPS) is 11.5. The van der Waals surface area contributed by atoms with E-state index in [1.165, 1.54) is 35.4 Å². The lowest BCUT2D eigenvalue weighted by Gasteiger charge is -2.15. The first kappa shape index (κ1) is 28.7. The van der Waals surface area contributed by atoms with E-state index in [1.807, 2.05) is 20.8 Å². The molecule has 0 bridgehead atoms. The minimum atomic E-state index is -4.60. The van der Waals surface area contributed by atoms with E-state index in [4.69, 9.17) is 0 Å². The Kier molecular flexibility index (Phi) is 8.49. The average molecular weight is 574 g/mol. The van der Waals surface area contributed by atoms with Crippen LogP contribution in [0.2, 0.25) is 0 Å². The van der Waals surface area contributed by atoms with Crippen LogP contribution >= 0.6 is 11.3 Å². The Balaban J connectivity index is 1.56. The number of rotatable bonds is 8. The highest BCUT2D eigenvalue weighted by Gasteiger charge is 2.32. The Morgan fingerprint density at radius 2 is 1.90 bits per heavy atom. The third kappa shape index (κ3) is 7.01. The molecule has 4 aromatic rings. The molecule has 2 aromatic carbocycles. The van der Waals surface area contributed by atoms with Gasteiger partial charge in [-0.2, -0.15) is 13.2 Å². The molecule has 0 saturated carbocycles. The highest BCUT2D eigenvalue weighted by Crippen LogP contribution is 2.32. The van der Waals surface area contributed by atoms with Gasteiger partial charge in [-0.15, -0.1) is 5.10 Å². The number of carbonyl (C=O) groups is 2. The smallest absolute Gasteiger partial charge is 0.416 e. The number of ether oxygens (including phenoxy) is 1. The zero-order chi connectivity index (χ0) is 29.0. The molecule has 2 heterocycles. The maximum Gasteiger partial charge on any atom is 0.416 e. The van der Waals surface area contributed by atoms with Crippen LogP contribution in [-0.4, -0.2) is 45.1 Å². The van der Waals surface area contributed by atoms with Crippen molar-refractivity contribution in [2.24, 2.45) is 0 Å². The van der Waals surface area contributed by atoms with E-state index in [0.29, 0.717) is 32.6 Å². The van der Waals surface area contributed by atoms with Gasteiger partial charge in [0.15, 0.2) is 5.13 Å². The number of halogens is 3. The molecule has 14 heteroatoms. The number of amides is 2. The standard InChI is InChI=1S/C26H26F3N7O3S/c1-14(2)30-11-16-7-17(9-18(8-16)26(27,28)29)23(37)32-19-6-5-15(3)21(10-19)36-13-20(34-35-36)22-12-31-24(40-22)33-25(38)39-4/h5-10,12-14,30H,11H2,1-4H3,(H,32,37)(H,31,33,38). The summed E-state index contributed by atoms with van der Waals surface area (Å²) in [5.74, 6) is -0.679. The molecule has 210 valence electrons. The molecular formula is C26H26F3N7O3S. The Hall–Kier alpha value is -4.30. The Bertz CT molecular complexity index is 1530. The molecule has 4 rings (SSSR count). The van der Waals surface area contributed by atoms with Crippen molar-refractivity contribution in [3.05, 3.63) is 71.0 Å². The van der Waals surface area contributed by atoms with Crippen LogP contribution in [0.15, 0.2) is 48.8 Å². The van der Waals surface area contributed by atoms with Crippen molar-refractivity contribution in [3.8, 4) is 16.3 Å². The van der Waals surface area contributed by atoms with Crippen LogP contribution < -0.4 is 16.0 Å². The number of carbonyl (C=O) groups excluding carboxylic acids is 2. The molecule has 0 spiro atoms. The van der Waals surface area contributed by atoms with Gasteiger partial charge in [0.25, 0.3) is 5.91 Å². The van der Waals surface area contributed by atoms with E-state index in [1.54, 1.807) is 24.4 Å². The highest BCUT2D eigenvalue weighted by atomic mass is 32.1. The van der Waals surface area contributed by atoms with Gasteiger partial charge in [-0.05, 0) is 48.4 Å². The molecular weight excluding hydrogens is 547 g/mol. The number of hydrogen-bond acceptors (Lipinski definition) is 8. The van der Waals surface area contributed by atoms with Gasteiger partial charge in [0.2, 0.25) is 0 Å². The average Bonchev–Trinajstić information content (AvgIpc) is 3.57. The fourth-order valence-corrected chi connectivity index (χ4v) is 4.38. The van der Waals surface area contributed by atoms with Crippen LogP contribution in [0.25, 0.3) is 16.3 Å². The zero-order valence-electron chi connectivity index (χ0n) is 22.0. The monoisotopic (exact) mass is 573 g/mol. The summed E-state index contributed by atoms with van der Waals surface area (Å²) in [5, 5.41) is 16.9. The van der Waals surface area contributed by atoms with Gasteiger partial charge in [0.05, 0.1) is 29.4 Å². The first-order valence-corrected chi connectivity index (χ1v) is 12.8. The van der Waals surface area contributed by atoms with Gasteiger partial charge in [-0.25, -0.2) is 14.5 Å². The number of thiazole rings is 1. The fourth-order valence-electron chi connectivity index (χ4n) is 3.63. The fraction of sp³-hybridized carbons (Fsp3) is 0.269. The van der Waals surface area contributed by atoms with Crippen LogP contribution in [0.3, 0.4) is 0 Å². The lowest BCUT2D eigenvalue weighted by atomic mass is 10.0. The molecule has 0 unspecified atom stereocenters. The highest BCUT2D eigenvalue weighted by molar-refractivity contribution is 7.19. The Labute approximate surface area is 231 Å². The SMILES string of the molecule is COC(=O)Nc1ncc(-c2cn(-c3cc(NC(=O)c4cc(CNC(C)C)cc(C(F)(F)F)c4)ccc3C)nn2)s1. The number of anilines is 2. The second-order valence-electron chi connectivity index (χ2n) is 9.10. The summed E-state index contributed by atoms with van der Waals surface area (Å²) in [7, 11) is 1.25. The summed E-state index contributed by atoms with van der Waals surface area (Å²) >= 11 is 1.18. The number of nitrogens with one attached hydrogen (secondary N) is 3. The second kappa shape index (κ2) is 11.8. The molecule has 0 aliphatic rings. The van der Waals surface area contributed by atoms with Crippen LogP contribution in [0.4, 0.5) is 28.8 Å². The van der Waals surface area contributed by atoms with Gasteiger partial charge in [-0.3, -0.25) is 10.1 Å². The summed E-state index contributed by atoms with van der Waals surface area (Å²) in [6.45, 7) is 5.79. The molecule has 0 saturated heterocycles. The molecule has 0 radical (unpaired) electrons. The summed E-state index contributed by atoms with van der Waals surface area (Å²) in [6.07, 6.45) is -2.05. The van der Waals surface area contributed by atoms with Crippen LogP contribution in [0.5, 0.6) is 0 Å². The van der Waals surface area contributed by atoms with E-state index < -0.39 is 23.7 Å². The second-order valence-corrected chi connectivity index (χ2v) is 10.1. The van der Waals surface area contributed by atoms with Crippen molar-refractivity contribution in [3.63, 3.8) is 0 Å². The summed E-state index contributed by atoms with van der Waals surface area (Å²) < 4.78 is 46.6. The van der Waals surface area contributed by atoms with Gasteiger partial charge in [0, 0.05) is 30.0 Å². The van der Waals surface area contributed by atoms with Crippen molar-refractivity contribution in [2.75, 3.05) is 17.7 Å².